The first kappa shape index (κ1) is 15.6. The summed E-state index contributed by atoms with van der Waals surface area (Å²) in [5.74, 6) is -1.45. The molecule has 0 aromatic carbocycles. The average molecular weight is 288 g/mol. The maximum Gasteiger partial charge on any atom is 0.335 e. The summed E-state index contributed by atoms with van der Waals surface area (Å²) in [4.78, 5) is 10.8. The molecule has 18 heavy (non-hydrogen) atoms. The Labute approximate surface area is 105 Å². The summed E-state index contributed by atoms with van der Waals surface area (Å²) in [6.45, 7) is 0. The molecule has 0 aromatic rings. The van der Waals surface area contributed by atoms with E-state index in [0.717, 1.165) is 0 Å². The molecule has 0 spiro atoms. The lowest BCUT2D eigenvalue weighted by molar-refractivity contribution is -0.435. The first-order chi connectivity index (χ1) is 8.52. The Bertz CT molecular complexity index is 275. The normalized spacial score (nSPS) is 36.6. The van der Waals surface area contributed by atoms with Gasteiger partial charge in [0.15, 0.2) is 24.7 Å². The highest BCUT2D eigenvalue weighted by Crippen LogP contribution is 2.27. The number of hydrogen-bond acceptors (Lipinski definition) is 10. The molecular weight excluding hydrogens is 276 g/mol. The van der Waals surface area contributed by atoms with Crippen LogP contribution in [-0.4, -0.2) is 64.4 Å². The number of aliphatic carboxylic acids is 1. The number of carbonyl (C=O) groups is 1. The second-order valence-corrected chi connectivity index (χ2v) is 3.72. The fourth-order valence-corrected chi connectivity index (χ4v) is 1.80. The Hall–Kier alpha value is -0.500. The highest BCUT2D eigenvalue weighted by atomic mass is 32.2. The quantitative estimate of drug-likeness (QED) is 0.197. The number of ether oxygens (including phenoxy) is 2. The fraction of sp³-hybridized carbons (Fsp3) is 0.857. The number of aliphatic hydroxyl groups excluding tert-OH is 2. The average Bonchev–Trinajstić information content (AvgIpc) is 2.33. The summed E-state index contributed by atoms with van der Waals surface area (Å²) in [5.41, 5.74) is 0. The third kappa shape index (κ3) is 3.50. The molecule has 1 heterocycles. The molecule has 1 aliphatic rings. The summed E-state index contributed by atoms with van der Waals surface area (Å²) >= 11 is 0.0973. The molecule has 1 rings (SSSR count). The van der Waals surface area contributed by atoms with Gasteiger partial charge in [-0.05, 0) is 0 Å². The Morgan fingerprint density at radius 1 is 1.33 bits per heavy atom. The zero-order valence-corrected chi connectivity index (χ0v) is 9.85. The van der Waals surface area contributed by atoms with E-state index in [9.17, 15) is 15.0 Å². The van der Waals surface area contributed by atoms with Gasteiger partial charge >= 0.3 is 5.97 Å². The zero-order chi connectivity index (χ0) is 13.7. The van der Waals surface area contributed by atoms with Gasteiger partial charge in [0.25, 0.3) is 0 Å². The van der Waals surface area contributed by atoms with E-state index < -0.39 is 36.7 Å². The number of methoxy groups -OCH3 is 1. The molecule has 1 saturated heterocycles. The van der Waals surface area contributed by atoms with Crippen LogP contribution >= 0.6 is 12.3 Å². The van der Waals surface area contributed by atoms with Crippen molar-refractivity contribution >= 4 is 18.3 Å². The number of rotatable bonds is 6. The van der Waals surface area contributed by atoms with E-state index >= 15 is 0 Å². The second-order valence-electron chi connectivity index (χ2n) is 3.25. The molecule has 106 valence electrons. The predicted molar refractivity (Wildman–Crippen MR) is 52.6 cm³/mol. The van der Waals surface area contributed by atoms with E-state index in [1.54, 1.807) is 0 Å². The lowest BCUT2D eigenvalue weighted by Gasteiger charge is -2.39. The standard InChI is InChI=1S/C7H12O10S/c1-13-7-3(9)4(15-18-17-16-12)2(8)5(14-7)6(10)11/h2-5,7-9,12H,1H3,(H,10,11)/t2-,3?,4-,5?,7+/m0/s1. The molecule has 4 N–H and O–H groups in total. The van der Waals surface area contributed by atoms with Crippen molar-refractivity contribution in [3.05, 3.63) is 0 Å². The Kier molecular flexibility index (Phi) is 6.20. The maximum absolute atomic E-state index is 10.8. The van der Waals surface area contributed by atoms with Gasteiger partial charge in [0, 0.05) is 7.11 Å². The molecule has 5 atom stereocenters. The van der Waals surface area contributed by atoms with E-state index in [2.05, 4.69) is 9.37 Å². The van der Waals surface area contributed by atoms with Crippen LogP contribution in [0.4, 0.5) is 0 Å². The van der Waals surface area contributed by atoms with Crippen molar-refractivity contribution in [1.29, 1.82) is 0 Å². The van der Waals surface area contributed by atoms with Gasteiger partial charge in [-0.25, -0.2) is 10.1 Å². The van der Waals surface area contributed by atoms with Crippen LogP contribution < -0.4 is 0 Å². The van der Waals surface area contributed by atoms with Crippen LogP contribution in [0.2, 0.25) is 0 Å². The first-order valence-corrected chi connectivity index (χ1v) is 5.27. The topological polar surface area (TPSA) is 144 Å². The summed E-state index contributed by atoms with van der Waals surface area (Å²) in [6.07, 6.45) is -7.45. The highest BCUT2D eigenvalue weighted by Gasteiger charge is 2.49. The van der Waals surface area contributed by atoms with Gasteiger partial charge in [0.1, 0.15) is 18.3 Å². The van der Waals surface area contributed by atoms with Gasteiger partial charge in [-0.15, -0.1) is 4.33 Å². The van der Waals surface area contributed by atoms with E-state index in [-0.39, 0.29) is 12.3 Å². The van der Waals surface area contributed by atoms with Crippen molar-refractivity contribution in [3.63, 3.8) is 0 Å². The second kappa shape index (κ2) is 7.18. The van der Waals surface area contributed by atoms with Crippen LogP contribution in [0.5, 0.6) is 0 Å². The van der Waals surface area contributed by atoms with Crippen molar-refractivity contribution in [3.8, 4) is 0 Å². The third-order valence-corrected chi connectivity index (χ3v) is 2.64. The van der Waals surface area contributed by atoms with Crippen molar-refractivity contribution in [2.45, 2.75) is 30.7 Å². The van der Waals surface area contributed by atoms with Gasteiger partial charge in [-0.2, -0.15) is 0 Å². The third-order valence-electron chi connectivity index (χ3n) is 2.23. The minimum atomic E-state index is -1.67. The molecule has 10 nitrogen and oxygen atoms in total. The lowest BCUT2D eigenvalue weighted by Crippen LogP contribution is -2.60. The smallest absolute Gasteiger partial charge is 0.335 e. The predicted octanol–water partition coefficient (Wildman–Crippen LogP) is -1.47. The summed E-state index contributed by atoms with van der Waals surface area (Å²) < 4.78 is 18.2. The molecule has 0 amide bonds. The molecule has 0 aliphatic carbocycles. The lowest BCUT2D eigenvalue weighted by atomic mass is 9.99. The Balaban J connectivity index is 2.72. The summed E-state index contributed by atoms with van der Waals surface area (Å²) in [6, 6.07) is 0. The molecule has 0 aromatic heterocycles. The van der Waals surface area contributed by atoms with E-state index in [1.807, 2.05) is 0 Å². The van der Waals surface area contributed by atoms with Crippen LogP contribution in [-0.2, 0) is 27.8 Å². The van der Waals surface area contributed by atoms with E-state index in [4.69, 9.17) is 24.0 Å². The monoisotopic (exact) mass is 288 g/mol. The molecule has 0 radical (unpaired) electrons. The van der Waals surface area contributed by atoms with Crippen LogP contribution in [0.15, 0.2) is 0 Å². The number of hydrogen-bond donors (Lipinski definition) is 4. The van der Waals surface area contributed by atoms with Gasteiger partial charge in [-0.1, -0.05) is 5.04 Å². The largest absolute Gasteiger partial charge is 0.479 e. The minimum absolute atomic E-state index is 0.0973. The highest BCUT2D eigenvalue weighted by molar-refractivity contribution is 7.89. The van der Waals surface area contributed by atoms with Gasteiger partial charge < -0.3 is 24.8 Å². The molecule has 1 fully saturated rings. The van der Waals surface area contributed by atoms with Crippen LogP contribution in [0.25, 0.3) is 0 Å². The number of carboxylic acids is 1. The van der Waals surface area contributed by atoms with Crippen molar-refractivity contribution in [2.75, 3.05) is 7.11 Å². The first-order valence-electron chi connectivity index (χ1n) is 4.60. The maximum atomic E-state index is 10.8. The van der Waals surface area contributed by atoms with Crippen molar-refractivity contribution < 1.29 is 48.4 Å². The zero-order valence-electron chi connectivity index (χ0n) is 9.03. The molecule has 0 saturated carbocycles. The summed E-state index contributed by atoms with van der Waals surface area (Å²) in [7, 11) is 1.18. The Morgan fingerprint density at radius 3 is 2.50 bits per heavy atom. The van der Waals surface area contributed by atoms with Gasteiger partial charge in [0.2, 0.25) is 0 Å². The molecular formula is C7H12O10S. The molecule has 1 aliphatic heterocycles. The number of carboxylic acid groups (broad SMARTS) is 1. The van der Waals surface area contributed by atoms with Gasteiger partial charge in [-0.3, -0.25) is 4.18 Å². The van der Waals surface area contributed by atoms with Gasteiger partial charge in [0.05, 0.1) is 0 Å². The molecule has 2 unspecified atom stereocenters. The minimum Gasteiger partial charge on any atom is -0.479 e. The van der Waals surface area contributed by atoms with Crippen LogP contribution in [0, 0.1) is 0 Å². The molecule has 0 bridgehead atoms. The van der Waals surface area contributed by atoms with Crippen LogP contribution in [0.1, 0.15) is 0 Å². The van der Waals surface area contributed by atoms with Crippen molar-refractivity contribution in [1.82, 2.24) is 0 Å². The van der Waals surface area contributed by atoms with Crippen LogP contribution in [0.3, 0.4) is 0 Å². The summed E-state index contributed by atoms with van der Waals surface area (Å²) in [5, 5.41) is 39.3. The number of aliphatic hydroxyl groups is 2. The fourth-order valence-electron chi connectivity index (χ4n) is 1.42. The SMILES string of the molecule is CO[C@@H]1OC(C(=O)O)[C@@H](O)[C@H](OSOOO)C1O. The van der Waals surface area contributed by atoms with E-state index in [1.165, 1.54) is 7.11 Å². The Morgan fingerprint density at radius 2 is 2.00 bits per heavy atom. The van der Waals surface area contributed by atoms with E-state index in [0.29, 0.717) is 0 Å². The van der Waals surface area contributed by atoms with Crippen molar-refractivity contribution in [2.24, 2.45) is 0 Å². The molecule has 11 heteroatoms.